The molecule has 2 bridgehead atoms. The average molecular weight is 490 g/mol. The Labute approximate surface area is 170 Å². The maximum Gasteiger partial charge on any atom is 0.401 e. The van der Waals surface area contributed by atoms with Crippen LogP contribution >= 0.6 is 24.0 Å². The fourth-order valence-corrected chi connectivity index (χ4v) is 4.24. The highest BCUT2D eigenvalue weighted by atomic mass is 127. The van der Waals surface area contributed by atoms with Gasteiger partial charge in [-0.1, -0.05) is 0 Å². The molecule has 3 fully saturated rings. The van der Waals surface area contributed by atoms with Crippen LogP contribution in [0.3, 0.4) is 0 Å². The Bertz CT molecular complexity index is 469. The molecule has 0 aromatic carbocycles. The lowest BCUT2D eigenvalue weighted by atomic mass is 9.93. The number of piperidine rings is 1. The van der Waals surface area contributed by atoms with E-state index in [1.165, 1.54) is 11.3 Å². The Balaban J connectivity index is 0.00000243. The number of hydrogen-bond donors (Lipinski definition) is 2. The van der Waals surface area contributed by atoms with Gasteiger partial charge >= 0.3 is 6.18 Å². The molecule has 3 atom stereocenters. The lowest BCUT2D eigenvalue weighted by Crippen LogP contribution is -2.48. The minimum atomic E-state index is -4.09. The van der Waals surface area contributed by atoms with E-state index in [4.69, 9.17) is 4.74 Å². The summed E-state index contributed by atoms with van der Waals surface area (Å²) in [5.74, 6) is 1.29. The van der Waals surface area contributed by atoms with Gasteiger partial charge in [0.2, 0.25) is 0 Å². The molecule has 0 aromatic rings. The molecule has 26 heavy (non-hydrogen) atoms. The molecular formula is C17H30F3IN4O. The predicted octanol–water partition coefficient (Wildman–Crippen LogP) is 2.75. The minimum Gasteiger partial charge on any atom is -0.373 e. The normalized spacial score (nSPS) is 30.3. The van der Waals surface area contributed by atoms with E-state index in [9.17, 15) is 13.2 Å². The van der Waals surface area contributed by atoms with Gasteiger partial charge in [-0.2, -0.15) is 13.2 Å². The third-order valence-electron chi connectivity index (χ3n) is 5.61. The van der Waals surface area contributed by atoms with Crippen LogP contribution in [0.15, 0.2) is 4.99 Å². The van der Waals surface area contributed by atoms with Crippen LogP contribution in [-0.4, -0.2) is 68.5 Å². The first kappa shape index (κ1) is 22.0. The number of alkyl halides is 3. The van der Waals surface area contributed by atoms with Gasteiger partial charge in [0.15, 0.2) is 5.96 Å². The molecule has 2 N–H and O–H groups in total. The highest BCUT2D eigenvalue weighted by Gasteiger charge is 2.41. The minimum absolute atomic E-state index is 0. The molecule has 3 saturated heterocycles. The molecule has 0 radical (unpaired) electrons. The Kier molecular flexibility index (Phi) is 8.27. The smallest absolute Gasteiger partial charge is 0.373 e. The number of rotatable bonds is 5. The third kappa shape index (κ3) is 6.40. The van der Waals surface area contributed by atoms with Crippen molar-refractivity contribution in [3.63, 3.8) is 0 Å². The third-order valence-corrected chi connectivity index (χ3v) is 5.61. The highest BCUT2D eigenvalue weighted by Crippen LogP contribution is 2.34. The van der Waals surface area contributed by atoms with Gasteiger partial charge in [0, 0.05) is 13.6 Å². The van der Waals surface area contributed by atoms with Crippen molar-refractivity contribution >= 4 is 29.9 Å². The molecule has 3 aliphatic heterocycles. The van der Waals surface area contributed by atoms with E-state index in [-0.39, 0.29) is 24.0 Å². The van der Waals surface area contributed by atoms with Crippen molar-refractivity contribution in [2.45, 2.75) is 63.0 Å². The Hall–Kier alpha value is -0.290. The van der Waals surface area contributed by atoms with Crippen molar-refractivity contribution < 1.29 is 17.9 Å². The summed E-state index contributed by atoms with van der Waals surface area (Å²) in [6.45, 7) is 1.10. The van der Waals surface area contributed by atoms with E-state index in [0.717, 1.165) is 44.6 Å². The van der Waals surface area contributed by atoms with Gasteiger partial charge in [-0.3, -0.25) is 9.89 Å². The van der Waals surface area contributed by atoms with Crippen molar-refractivity contribution in [3.8, 4) is 0 Å². The van der Waals surface area contributed by atoms with Gasteiger partial charge in [-0.15, -0.1) is 24.0 Å². The van der Waals surface area contributed by atoms with E-state index >= 15 is 0 Å². The summed E-state index contributed by atoms with van der Waals surface area (Å²) in [7, 11) is 1.76. The van der Waals surface area contributed by atoms with Crippen LogP contribution in [0.4, 0.5) is 13.2 Å². The van der Waals surface area contributed by atoms with E-state index in [1.54, 1.807) is 7.05 Å². The molecule has 3 unspecified atom stereocenters. The second kappa shape index (κ2) is 9.77. The van der Waals surface area contributed by atoms with Gasteiger partial charge < -0.3 is 15.4 Å². The molecule has 0 aliphatic carbocycles. The molecule has 0 saturated carbocycles. The quantitative estimate of drug-likeness (QED) is 0.354. The number of hydrogen-bond acceptors (Lipinski definition) is 3. The molecule has 3 rings (SSSR count). The van der Waals surface area contributed by atoms with Crippen molar-refractivity contribution in [2.75, 3.05) is 33.2 Å². The molecular weight excluding hydrogens is 460 g/mol. The van der Waals surface area contributed by atoms with Gasteiger partial charge in [-0.25, -0.2) is 0 Å². The van der Waals surface area contributed by atoms with Gasteiger partial charge in [0.05, 0.1) is 24.8 Å². The van der Waals surface area contributed by atoms with Crippen LogP contribution in [-0.2, 0) is 4.74 Å². The molecule has 3 heterocycles. The monoisotopic (exact) mass is 490 g/mol. The largest absolute Gasteiger partial charge is 0.401 e. The molecule has 152 valence electrons. The fraction of sp³-hybridized carbons (Fsp3) is 0.941. The first-order valence-electron chi connectivity index (χ1n) is 9.34. The summed E-state index contributed by atoms with van der Waals surface area (Å²) >= 11 is 0. The Morgan fingerprint density at radius 1 is 1.19 bits per heavy atom. The fourth-order valence-electron chi connectivity index (χ4n) is 4.24. The first-order valence-corrected chi connectivity index (χ1v) is 9.34. The van der Waals surface area contributed by atoms with Crippen molar-refractivity contribution in [3.05, 3.63) is 0 Å². The maximum atomic E-state index is 12.4. The van der Waals surface area contributed by atoms with Crippen molar-refractivity contribution in [1.82, 2.24) is 15.5 Å². The number of nitrogens with zero attached hydrogens (tertiary/aromatic N) is 2. The van der Waals surface area contributed by atoms with Crippen LogP contribution in [0.1, 0.15) is 38.5 Å². The summed E-state index contributed by atoms with van der Waals surface area (Å²) in [5.41, 5.74) is 0. The zero-order chi connectivity index (χ0) is 17.9. The Morgan fingerprint density at radius 3 is 2.46 bits per heavy atom. The number of aliphatic imine (C=N–C) groups is 1. The standard InChI is InChI=1S/C17H29F3N4O.HI/c1-21-16(23-14-10-13-2-3-15(14)25-13)22-7-4-12-5-8-24(9-6-12)11-17(18,19)20;/h12-15H,2-11H2,1H3,(H2,21,22,23);1H. The number of halogens is 4. The van der Waals surface area contributed by atoms with E-state index in [1.807, 2.05) is 0 Å². The summed E-state index contributed by atoms with van der Waals surface area (Å²) in [4.78, 5) is 5.79. The first-order chi connectivity index (χ1) is 11.9. The van der Waals surface area contributed by atoms with Gasteiger partial charge in [0.1, 0.15) is 0 Å². The highest BCUT2D eigenvalue weighted by molar-refractivity contribution is 14.0. The summed E-state index contributed by atoms with van der Waals surface area (Å²) < 4.78 is 43.1. The Morgan fingerprint density at radius 2 is 1.92 bits per heavy atom. The molecule has 0 spiro atoms. The topological polar surface area (TPSA) is 48.9 Å². The lowest BCUT2D eigenvalue weighted by Gasteiger charge is -2.32. The van der Waals surface area contributed by atoms with Crippen molar-refractivity contribution in [1.29, 1.82) is 0 Å². The SMILES string of the molecule is CN=C(NCCC1CCN(CC(F)(F)F)CC1)NC1CC2CCC1O2.I. The van der Waals surface area contributed by atoms with E-state index < -0.39 is 12.7 Å². The number of likely N-dealkylation sites (tertiary alicyclic amines) is 1. The van der Waals surface area contributed by atoms with Crippen molar-refractivity contribution in [2.24, 2.45) is 10.9 Å². The molecule has 9 heteroatoms. The van der Waals surface area contributed by atoms with Crippen LogP contribution in [0.25, 0.3) is 0 Å². The molecule has 0 aromatic heterocycles. The number of guanidine groups is 1. The van der Waals surface area contributed by atoms with Gasteiger partial charge in [0.25, 0.3) is 0 Å². The van der Waals surface area contributed by atoms with Crippen LogP contribution in [0.5, 0.6) is 0 Å². The molecule has 3 aliphatic rings. The zero-order valence-electron chi connectivity index (χ0n) is 15.2. The second-order valence-corrected chi connectivity index (χ2v) is 7.48. The van der Waals surface area contributed by atoms with Crippen LogP contribution in [0, 0.1) is 5.92 Å². The zero-order valence-corrected chi connectivity index (χ0v) is 17.6. The maximum absolute atomic E-state index is 12.4. The lowest BCUT2D eigenvalue weighted by molar-refractivity contribution is -0.148. The van der Waals surface area contributed by atoms with E-state index in [0.29, 0.717) is 37.3 Å². The predicted molar refractivity (Wildman–Crippen MR) is 106 cm³/mol. The summed E-state index contributed by atoms with van der Waals surface area (Å²) in [6, 6.07) is 0.343. The summed E-state index contributed by atoms with van der Waals surface area (Å²) in [5, 5.41) is 6.79. The van der Waals surface area contributed by atoms with Crippen LogP contribution < -0.4 is 10.6 Å². The average Bonchev–Trinajstić information content (AvgIpc) is 3.17. The molecule has 5 nitrogen and oxygen atoms in total. The molecule has 0 amide bonds. The van der Waals surface area contributed by atoms with Crippen LogP contribution in [0.2, 0.25) is 0 Å². The number of fused-ring (bicyclic) bond motifs is 2. The van der Waals surface area contributed by atoms with Gasteiger partial charge in [-0.05, 0) is 57.5 Å². The summed E-state index contributed by atoms with van der Waals surface area (Å²) in [6.07, 6.45) is 2.60. The second-order valence-electron chi connectivity index (χ2n) is 7.48. The van der Waals surface area contributed by atoms with E-state index in [2.05, 4.69) is 15.6 Å². The number of nitrogens with one attached hydrogen (secondary N) is 2. The number of ether oxygens (including phenoxy) is 1.